The highest BCUT2D eigenvalue weighted by molar-refractivity contribution is 7.10. The van der Waals surface area contributed by atoms with Crippen LogP contribution in [0.1, 0.15) is 46.6 Å². The maximum atomic E-state index is 12.6. The van der Waals surface area contributed by atoms with Crippen molar-refractivity contribution in [2.75, 3.05) is 0 Å². The van der Waals surface area contributed by atoms with Gasteiger partial charge in [0, 0.05) is 29.1 Å². The highest BCUT2D eigenvalue weighted by Crippen LogP contribution is 2.37. The zero-order valence-corrected chi connectivity index (χ0v) is 13.0. The van der Waals surface area contributed by atoms with Crippen molar-refractivity contribution < 1.29 is 4.79 Å². The minimum Gasteiger partial charge on any atom is -0.348 e. The Labute approximate surface area is 128 Å². The van der Waals surface area contributed by atoms with Crippen molar-refractivity contribution in [3.05, 3.63) is 27.6 Å². The molecule has 0 unspecified atom stereocenters. The van der Waals surface area contributed by atoms with Crippen molar-refractivity contribution in [1.29, 1.82) is 0 Å². The van der Waals surface area contributed by atoms with Crippen LogP contribution in [0.5, 0.6) is 0 Å². The fourth-order valence-electron chi connectivity index (χ4n) is 3.63. The van der Waals surface area contributed by atoms with Gasteiger partial charge in [0.05, 0.1) is 5.69 Å². The lowest BCUT2D eigenvalue weighted by Gasteiger charge is -2.15. The minimum absolute atomic E-state index is 0.0115. The van der Waals surface area contributed by atoms with Crippen LogP contribution in [0.4, 0.5) is 0 Å². The average molecular weight is 301 g/mol. The number of hydrogen-bond acceptors (Lipinski definition) is 3. The molecular formula is C16H19N3OS. The van der Waals surface area contributed by atoms with E-state index in [4.69, 9.17) is 0 Å². The van der Waals surface area contributed by atoms with Gasteiger partial charge in [0.25, 0.3) is 5.91 Å². The van der Waals surface area contributed by atoms with E-state index >= 15 is 0 Å². The number of rotatable bonds is 2. The first kappa shape index (κ1) is 13.1. The Kier molecular flexibility index (Phi) is 3.10. The number of aryl methyl sites for hydroxylation is 2. The molecule has 1 saturated carbocycles. The summed E-state index contributed by atoms with van der Waals surface area (Å²) in [5, 5.41) is 9.82. The first-order valence-electron chi connectivity index (χ1n) is 7.67. The lowest BCUT2D eigenvalue weighted by atomic mass is 9.94. The van der Waals surface area contributed by atoms with Crippen LogP contribution in [0.15, 0.2) is 11.4 Å². The van der Waals surface area contributed by atoms with Gasteiger partial charge in [-0.2, -0.15) is 5.10 Å². The highest BCUT2D eigenvalue weighted by atomic mass is 32.1. The Morgan fingerprint density at radius 2 is 2.19 bits per heavy atom. The highest BCUT2D eigenvalue weighted by Gasteiger charge is 2.29. The lowest BCUT2D eigenvalue weighted by Crippen LogP contribution is -2.33. The van der Waals surface area contributed by atoms with E-state index in [9.17, 15) is 4.79 Å². The summed E-state index contributed by atoms with van der Waals surface area (Å²) in [6.07, 6.45) is 6.61. The fourth-order valence-corrected chi connectivity index (χ4v) is 4.51. The second-order valence-corrected chi connectivity index (χ2v) is 7.01. The van der Waals surface area contributed by atoms with E-state index in [0.29, 0.717) is 11.7 Å². The van der Waals surface area contributed by atoms with Crippen LogP contribution in [0, 0.1) is 0 Å². The van der Waals surface area contributed by atoms with Crippen LogP contribution in [-0.2, 0) is 19.9 Å². The Hall–Kier alpha value is -1.62. The maximum Gasteiger partial charge on any atom is 0.272 e. The van der Waals surface area contributed by atoms with Gasteiger partial charge in [-0.1, -0.05) is 12.8 Å². The number of nitrogens with zero attached hydrogens (tertiary/aromatic N) is 2. The molecule has 0 aliphatic heterocycles. The summed E-state index contributed by atoms with van der Waals surface area (Å²) in [6.45, 7) is 0. The Balaban J connectivity index is 1.69. The van der Waals surface area contributed by atoms with Gasteiger partial charge in [0.15, 0.2) is 5.69 Å². The van der Waals surface area contributed by atoms with Crippen molar-refractivity contribution in [3.63, 3.8) is 0 Å². The first-order valence-corrected chi connectivity index (χ1v) is 8.55. The molecule has 1 amide bonds. The molecule has 1 fully saturated rings. The summed E-state index contributed by atoms with van der Waals surface area (Å²) < 4.78 is 1.88. The van der Waals surface area contributed by atoms with Gasteiger partial charge in [-0.15, -0.1) is 11.3 Å². The monoisotopic (exact) mass is 301 g/mol. The molecule has 4 rings (SSSR count). The van der Waals surface area contributed by atoms with Crippen LogP contribution in [0.2, 0.25) is 0 Å². The number of fused-ring (bicyclic) bond motifs is 3. The molecule has 0 saturated heterocycles. The van der Waals surface area contributed by atoms with Crippen LogP contribution >= 0.6 is 11.3 Å². The fraction of sp³-hybridized carbons (Fsp3) is 0.500. The Morgan fingerprint density at radius 3 is 3.00 bits per heavy atom. The third-order valence-electron chi connectivity index (χ3n) is 4.65. The Bertz CT molecular complexity index is 694. The van der Waals surface area contributed by atoms with Crippen molar-refractivity contribution in [2.45, 2.75) is 44.6 Å². The van der Waals surface area contributed by atoms with Crippen molar-refractivity contribution in [3.8, 4) is 11.3 Å². The zero-order chi connectivity index (χ0) is 14.4. The lowest BCUT2D eigenvalue weighted by molar-refractivity contribution is 0.0931. The molecular weight excluding hydrogens is 282 g/mol. The van der Waals surface area contributed by atoms with Gasteiger partial charge < -0.3 is 5.32 Å². The van der Waals surface area contributed by atoms with Gasteiger partial charge in [0.2, 0.25) is 0 Å². The summed E-state index contributed by atoms with van der Waals surface area (Å²) >= 11 is 1.80. The summed E-state index contributed by atoms with van der Waals surface area (Å²) in [6, 6.07) is 2.49. The summed E-state index contributed by atoms with van der Waals surface area (Å²) in [5.41, 5.74) is 4.15. The standard InChI is InChI=1S/C16H19N3OS/c1-19-15-11-8-9-21-13(11)7-6-12(15)14(18-19)16(20)17-10-4-2-3-5-10/h8-10H,2-7H2,1H3,(H,17,20). The van der Waals surface area contributed by atoms with Gasteiger partial charge >= 0.3 is 0 Å². The second-order valence-electron chi connectivity index (χ2n) is 6.01. The molecule has 0 aromatic carbocycles. The molecule has 2 aliphatic carbocycles. The number of carbonyl (C=O) groups is 1. The van der Waals surface area contributed by atoms with E-state index in [1.165, 1.54) is 23.3 Å². The van der Waals surface area contributed by atoms with Gasteiger partial charge in [0.1, 0.15) is 0 Å². The summed E-state index contributed by atoms with van der Waals surface area (Å²) in [4.78, 5) is 14.0. The van der Waals surface area contributed by atoms with Crippen LogP contribution in [0.25, 0.3) is 11.3 Å². The maximum absolute atomic E-state index is 12.6. The van der Waals surface area contributed by atoms with E-state index in [0.717, 1.165) is 36.9 Å². The SMILES string of the molecule is Cn1nc(C(=O)NC2CCCC2)c2c1-c1ccsc1CC2. The van der Waals surface area contributed by atoms with E-state index in [1.807, 2.05) is 11.7 Å². The molecule has 0 bridgehead atoms. The summed E-state index contributed by atoms with van der Waals surface area (Å²) in [5.74, 6) is 0.0115. The van der Waals surface area contributed by atoms with E-state index in [2.05, 4.69) is 21.9 Å². The molecule has 2 aromatic heterocycles. The average Bonchev–Trinajstić information content (AvgIpc) is 3.17. The van der Waals surface area contributed by atoms with Crippen molar-refractivity contribution in [2.24, 2.45) is 7.05 Å². The van der Waals surface area contributed by atoms with Gasteiger partial charge in [-0.05, 0) is 37.1 Å². The van der Waals surface area contributed by atoms with Crippen LogP contribution in [-0.4, -0.2) is 21.7 Å². The second kappa shape index (κ2) is 4.98. The number of hydrogen-bond donors (Lipinski definition) is 1. The number of nitrogens with one attached hydrogen (secondary N) is 1. The van der Waals surface area contributed by atoms with Crippen LogP contribution in [0.3, 0.4) is 0 Å². The number of thiophene rings is 1. The molecule has 4 nitrogen and oxygen atoms in total. The number of carbonyl (C=O) groups excluding carboxylic acids is 1. The summed E-state index contributed by atoms with van der Waals surface area (Å²) in [7, 11) is 1.94. The number of amides is 1. The van der Waals surface area contributed by atoms with Gasteiger partial charge in [-0.3, -0.25) is 9.48 Å². The predicted octanol–water partition coefficient (Wildman–Crippen LogP) is 2.92. The van der Waals surface area contributed by atoms with Crippen LogP contribution < -0.4 is 5.32 Å². The quantitative estimate of drug-likeness (QED) is 0.927. The van der Waals surface area contributed by atoms with E-state index in [1.54, 1.807) is 11.3 Å². The number of aromatic nitrogens is 2. The minimum atomic E-state index is 0.0115. The largest absolute Gasteiger partial charge is 0.348 e. The zero-order valence-electron chi connectivity index (χ0n) is 12.2. The normalized spacial score (nSPS) is 17.6. The third-order valence-corrected chi connectivity index (χ3v) is 5.63. The molecule has 0 radical (unpaired) electrons. The molecule has 0 spiro atoms. The van der Waals surface area contributed by atoms with Crippen molar-refractivity contribution >= 4 is 17.2 Å². The molecule has 5 heteroatoms. The molecule has 21 heavy (non-hydrogen) atoms. The molecule has 1 N–H and O–H groups in total. The molecule has 2 aromatic rings. The molecule has 2 heterocycles. The molecule has 2 aliphatic rings. The smallest absolute Gasteiger partial charge is 0.272 e. The van der Waals surface area contributed by atoms with E-state index < -0.39 is 0 Å². The van der Waals surface area contributed by atoms with Crippen molar-refractivity contribution in [1.82, 2.24) is 15.1 Å². The van der Waals surface area contributed by atoms with Gasteiger partial charge in [-0.25, -0.2) is 0 Å². The molecule has 110 valence electrons. The predicted molar refractivity (Wildman–Crippen MR) is 83.7 cm³/mol. The first-order chi connectivity index (χ1) is 10.2. The molecule has 0 atom stereocenters. The Morgan fingerprint density at radius 1 is 1.38 bits per heavy atom. The van der Waals surface area contributed by atoms with E-state index in [-0.39, 0.29) is 5.91 Å². The third kappa shape index (κ3) is 2.11. The topological polar surface area (TPSA) is 46.9 Å².